The van der Waals surface area contributed by atoms with Gasteiger partial charge in [-0.3, -0.25) is 18.6 Å². The fraction of sp³-hybridized carbons (Fsp3) is 0.825. The van der Waals surface area contributed by atoms with Crippen molar-refractivity contribution in [2.24, 2.45) is 5.73 Å². The van der Waals surface area contributed by atoms with Crippen molar-refractivity contribution in [1.82, 2.24) is 0 Å². The molecule has 0 heterocycles. The fourth-order valence-corrected chi connectivity index (χ4v) is 8.76. The quantitative estimate of drug-likeness (QED) is 0.0264. The van der Waals surface area contributed by atoms with E-state index in [1.165, 1.54) is 186 Å². The lowest BCUT2D eigenvalue weighted by Crippen LogP contribution is -2.29. The highest BCUT2D eigenvalue weighted by atomic mass is 31.2. The third-order valence-electron chi connectivity index (χ3n) is 12.2. The maximum absolute atomic E-state index is 12.7. The molecule has 0 aromatic rings. The molecule has 0 radical (unpaired) electrons. The summed E-state index contributed by atoms with van der Waals surface area (Å²) in [6.45, 7) is 3.75. The normalized spacial score (nSPS) is 13.4. The second-order valence-corrected chi connectivity index (χ2v) is 20.3. The molecule has 67 heavy (non-hydrogen) atoms. The van der Waals surface area contributed by atoms with E-state index in [0.29, 0.717) is 6.42 Å². The summed E-state index contributed by atoms with van der Waals surface area (Å²) in [5.41, 5.74) is 5.38. The Kier molecular flexibility index (Phi) is 51.7. The monoisotopic (exact) mass is 964 g/mol. The number of ether oxygens (including phenoxy) is 2. The lowest BCUT2D eigenvalue weighted by molar-refractivity contribution is -0.161. The molecule has 0 aliphatic carbocycles. The minimum absolute atomic E-state index is 0.0523. The number of unbranched alkanes of at least 4 members (excludes halogenated alkanes) is 32. The summed E-state index contributed by atoms with van der Waals surface area (Å²) in [5, 5.41) is 0. The van der Waals surface area contributed by atoms with Crippen LogP contribution in [-0.2, 0) is 32.7 Å². The largest absolute Gasteiger partial charge is 0.472 e. The molecule has 0 amide bonds. The zero-order valence-electron chi connectivity index (χ0n) is 43.6. The fourth-order valence-electron chi connectivity index (χ4n) is 7.99. The Balaban J connectivity index is 3.99. The Labute approximate surface area is 413 Å². The average Bonchev–Trinajstić information content (AvgIpc) is 3.32. The Morgan fingerprint density at radius 3 is 1.13 bits per heavy atom. The minimum Gasteiger partial charge on any atom is -0.462 e. The molecule has 10 heteroatoms. The number of allylic oxidation sites excluding steroid dienone is 8. The van der Waals surface area contributed by atoms with E-state index in [4.69, 9.17) is 24.3 Å². The molecule has 2 unspecified atom stereocenters. The molecule has 0 fully saturated rings. The molecule has 0 rings (SSSR count). The third kappa shape index (κ3) is 53.2. The Morgan fingerprint density at radius 1 is 0.448 bits per heavy atom. The number of hydrogen-bond donors (Lipinski definition) is 2. The van der Waals surface area contributed by atoms with Crippen LogP contribution in [0.5, 0.6) is 0 Å². The van der Waals surface area contributed by atoms with Crippen LogP contribution in [-0.4, -0.2) is 49.3 Å². The Hall–Kier alpha value is -2.03. The zero-order chi connectivity index (χ0) is 48.8. The number of esters is 2. The first-order valence-corrected chi connectivity index (χ1v) is 29.6. The molecule has 9 nitrogen and oxygen atoms in total. The smallest absolute Gasteiger partial charge is 0.462 e. The molecule has 0 saturated carbocycles. The molecule has 3 N–H and O–H groups in total. The van der Waals surface area contributed by atoms with Gasteiger partial charge in [0.15, 0.2) is 6.10 Å². The lowest BCUT2D eigenvalue weighted by atomic mass is 10.0. The summed E-state index contributed by atoms with van der Waals surface area (Å²) in [6, 6.07) is 0. The van der Waals surface area contributed by atoms with Gasteiger partial charge in [-0.15, -0.1) is 0 Å². The van der Waals surface area contributed by atoms with E-state index in [9.17, 15) is 19.0 Å². The summed E-state index contributed by atoms with van der Waals surface area (Å²) in [4.78, 5) is 35.2. The zero-order valence-corrected chi connectivity index (χ0v) is 44.5. The van der Waals surface area contributed by atoms with Crippen LogP contribution >= 0.6 is 7.82 Å². The number of nitrogens with two attached hydrogens (primary N) is 1. The molecular formula is C57H106NO8P. The van der Waals surface area contributed by atoms with Gasteiger partial charge in [0.2, 0.25) is 0 Å². The molecular weight excluding hydrogens is 858 g/mol. The molecule has 0 aliphatic heterocycles. The maximum Gasteiger partial charge on any atom is 0.472 e. The highest BCUT2D eigenvalue weighted by Crippen LogP contribution is 2.43. The SMILES string of the molecule is CCCCCCC/C=C\C/C=C\CCCCCCCCCCCCCCCC(=O)OC(COC(=O)CCCCCCCCCCC/C=C\C/C=C\CCCCCCC)COP(=O)(O)OCCN. The predicted octanol–water partition coefficient (Wildman–Crippen LogP) is 17.4. The van der Waals surface area contributed by atoms with Crippen LogP contribution in [0.15, 0.2) is 48.6 Å². The number of phosphoric ester groups is 1. The van der Waals surface area contributed by atoms with Crippen LogP contribution in [0, 0.1) is 0 Å². The number of phosphoric acid groups is 1. The summed E-state index contributed by atoms with van der Waals surface area (Å²) in [7, 11) is -4.39. The van der Waals surface area contributed by atoms with Crippen LogP contribution in [0.1, 0.15) is 271 Å². The Morgan fingerprint density at radius 2 is 0.776 bits per heavy atom. The number of rotatable bonds is 53. The van der Waals surface area contributed by atoms with Crippen molar-refractivity contribution < 1.29 is 37.6 Å². The van der Waals surface area contributed by atoms with Gasteiger partial charge in [-0.2, -0.15) is 0 Å². The summed E-state index contributed by atoms with van der Waals surface area (Å²) >= 11 is 0. The van der Waals surface area contributed by atoms with Gasteiger partial charge in [0, 0.05) is 19.4 Å². The van der Waals surface area contributed by atoms with Crippen LogP contribution in [0.2, 0.25) is 0 Å². The van der Waals surface area contributed by atoms with E-state index in [1.54, 1.807) is 0 Å². The molecule has 0 aromatic carbocycles. The number of carbonyl (C=O) groups excluding carboxylic acids is 2. The van der Waals surface area contributed by atoms with Gasteiger partial charge in [-0.1, -0.05) is 229 Å². The van der Waals surface area contributed by atoms with Gasteiger partial charge in [0.05, 0.1) is 13.2 Å². The van der Waals surface area contributed by atoms with E-state index in [1.807, 2.05) is 0 Å². The van der Waals surface area contributed by atoms with Gasteiger partial charge in [-0.05, 0) is 77.0 Å². The molecule has 0 bridgehead atoms. The molecule has 0 aromatic heterocycles. The van der Waals surface area contributed by atoms with Gasteiger partial charge >= 0.3 is 19.8 Å². The van der Waals surface area contributed by atoms with Crippen LogP contribution in [0.4, 0.5) is 0 Å². The highest BCUT2D eigenvalue weighted by molar-refractivity contribution is 7.47. The first-order chi connectivity index (χ1) is 32.8. The van der Waals surface area contributed by atoms with E-state index in [0.717, 1.165) is 51.4 Å². The molecule has 0 aliphatic rings. The topological polar surface area (TPSA) is 134 Å². The van der Waals surface area contributed by atoms with Crippen molar-refractivity contribution >= 4 is 19.8 Å². The maximum atomic E-state index is 12.7. The van der Waals surface area contributed by atoms with Gasteiger partial charge in [0.25, 0.3) is 0 Å². The number of hydrogen-bond acceptors (Lipinski definition) is 8. The van der Waals surface area contributed by atoms with Crippen molar-refractivity contribution in [3.05, 3.63) is 48.6 Å². The van der Waals surface area contributed by atoms with E-state index in [2.05, 4.69) is 62.5 Å². The van der Waals surface area contributed by atoms with Crippen LogP contribution in [0.3, 0.4) is 0 Å². The molecule has 0 saturated heterocycles. The van der Waals surface area contributed by atoms with Gasteiger partial charge in [-0.25, -0.2) is 4.57 Å². The first kappa shape index (κ1) is 65.0. The lowest BCUT2D eigenvalue weighted by Gasteiger charge is -2.19. The highest BCUT2D eigenvalue weighted by Gasteiger charge is 2.26. The standard InChI is InChI=1S/C57H106NO8P/c1-3-5-7-9-11-13-15-17-19-21-23-25-26-27-28-30-32-34-36-38-40-42-44-46-48-50-57(60)66-55(54-65-67(61,62)64-52-51-58)53-63-56(59)49-47-45-43-41-39-37-35-33-31-29-24-22-20-18-16-14-12-10-8-6-4-2/h15-18,21-24,55H,3-14,19-20,25-54,58H2,1-2H3,(H,61,62)/b17-15-,18-16-,23-21-,24-22-. The first-order valence-electron chi connectivity index (χ1n) is 28.1. The van der Waals surface area contributed by atoms with E-state index in [-0.39, 0.29) is 38.6 Å². The number of carbonyl (C=O) groups is 2. The Bertz CT molecular complexity index is 1240. The predicted molar refractivity (Wildman–Crippen MR) is 284 cm³/mol. The van der Waals surface area contributed by atoms with Crippen molar-refractivity contribution in [3.8, 4) is 0 Å². The van der Waals surface area contributed by atoms with Crippen molar-refractivity contribution in [2.75, 3.05) is 26.4 Å². The summed E-state index contributed by atoms with van der Waals surface area (Å²) in [5.74, 6) is -0.825. The minimum atomic E-state index is -4.39. The van der Waals surface area contributed by atoms with Crippen molar-refractivity contribution in [3.63, 3.8) is 0 Å². The average molecular weight is 964 g/mol. The molecule has 2 atom stereocenters. The van der Waals surface area contributed by atoms with Crippen LogP contribution < -0.4 is 5.73 Å². The second-order valence-electron chi connectivity index (χ2n) is 18.8. The van der Waals surface area contributed by atoms with Crippen molar-refractivity contribution in [1.29, 1.82) is 0 Å². The molecule has 392 valence electrons. The van der Waals surface area contributed by atoms with E-state index < -0.39 is 26.5 Å². The van der Waals surface area contributed by atoms with Crippen LogP contribution in [0.25, 0.3) is 0 Å². The van der Waals surface area contributed by atoms with Gasteiger partial charge in [0.1, 0.15) is 6.61 Å². The van der Waals surface area contributed by atoms with Gasteiger partial charge < -0.3 is 20.1 Å². The summed E-state index contributed by atoms with van der Waals surface area (Å²) < 4.78 is 33.0. The summed E-state index contributed by atoms with van der Waals surface area (Å²) in [6.07, 6.45) is 64.4. The van der Waals surface area contributed by atoms with Crippen molar-refractivity contribution in [2.45, 2.75) is 277 Å². The third-order valence-corrected chi connectivity index (χ3v) is 13.2. The van der Waals surface area contributed by atoms with E-state index >= 15 is 0 Å². The molecule has 0 spiro atoms. The second kappa shape index (κ2) is 53.3.